The number of carboxylic acids is 1. The molecule has 3 aromatic rings. The van der Waals surface area contributed by atoms with Crippen molar-refractivity contribution in [2.24, 2.45) is 0 Å². The summed E-state index contributed by atoms with van der Waals surface area (Å²) in [5.41, 5.74) is 0.908. The van der Waals surface area contributed by atoms with Gasteiger partial charge < -0.3 is 44.2 Å². The van der Waals surface area contributed by atoms with Crippen LogP contribution in [0.15, 0.2) is 36.4 Å². The molecule has 3 rings (SSSR count). The summed E-state index contributed by atoms with van der Waals surface area (Å²) in [7, 11) is 8.55. The van der Waals surface area contributed by atoms with E-state index in [1.807, 2.05) is 0 Å². The maximum atomic E-state index is 13.2. The van der Waals surface area contributed by atoms with Gasteiger partial charge in [-0.25, -0.2) is 4.79 Å². The van der Waals surface area contributed by atoms with Crippen molar-refractivity contribution in [2.45, 2.75) is 6.92 Å². The molecule has 0 aliphatic heterocycles. The minimum absolute atomic E-state index is 0.161. The van der Waals surface area contributed by atoms with Gasteiger partial charge in [0.15, 0.2) is 23.0 Å². The molecular weight excluding hydrogens is 524 g/mol. The van der Waals surface area contributed by atoms with E-state index in [9.17, 15) is 19.5 Å². The number of hydrogen-bond donors (Lipinski definition) is 3. The fraction of sp³-hybridized carbons (Fsp3) is 0.250. The van der Waals surface area contributed by atoms with Crippen molar-refractivity contribution in [1.29, 1.82) is 0 Å². The molecule has 0 unspecified atom stereocenters. The number of carbonyl (C=O) groups excluding carboxylic acids is 2. The van der Waals surface area contributed by atoms with Gasteiger partial charge in [0.05, 0.1) is 48.2 Å². The zero-order valence-corrected chi connectivity index (χ0v) is 23.1. The number of rotatable bonds is 11. The van der Waals surface area contributed by atoms with Crippen molar-refractivity contribution in [1.82, 2.24) is 0 Å². The molecule has 2 amide bonds. The molecule has 0 atom stereocenters. The number of nitrogens with one attached hydrogen (secondary N) is 2. The summed E-state index contributed by atoms with van der Waals surface area (Å²) in [4.78, 5) is 38.3. The van der Waals surface area contributed by atoms with E-state index >= 15 is 0 Å². The lowest BCUT2D eigenvalue weighted by molar-refractivity contribution is 0.0696. The van der Waals surface area contributed by atoms with Gasteiger partial charge in [0.2, 0.25) is 11.5 Å². The maximum absolute atomic E-state index is 13.2. The van der Waals surface area contributed by atoms with Gasteiger partial charge in [-0.05, 0) is 48.9 Å². The van der Waals surface area contributed by atoms with Crippen LogP contribution >= 0.6 is 0 Å². The number of carboxylic acid groups (broad SMARTS) is 1. The van der Waals surface area contributed by atoms with Crippen molar-refractivity contribution in [2.75, 3.05) is 53.3 Å². The summed E-state index contributed by atoms with van der Waals surface area (Å²) in [6, 6.07) is 8.42. The maximum Gasteiger partial charge on any atom is 0.335 e. The van der Waals surface area contributed by atoms with Crippen molar-refractivity contribution in [3.63, 3.8) is 0 Å². The van der Waals surface area contributed by atoms with Crippen LogP contribution in [-0.2, 0) is 0 Å². The highest BCUT2D eigenvalue weighted by Crippen LogP contribution is 2.40. The van der Waals surface area contributed by atoms with Crippen LogP contribution in [0.2, 0.25) is 0 Å². The van der Waals surface area contributed by atoms with E-state index in [4.69, 9.17) is 28.4 Å². The lowest BCUT2D eigenvalue weighted by Crippen LogP contribution is -2.17. The molecule has 0 heterocycles. The van der Waals surface area contributed by atoms with Gasteiger partial charge in [-0.3, -0.25) is 9.59 Å². The second kappa shape index (κ2) is 12.6. The largest absolute Gasteiger partial charge is 0.493 e. The van der Waals surface area contributed by atoms with E-state index < -0.39 is 17.8 Å². The Morgan fingerprint density at radius 3 is 1.12 bits per heavy atom. The summed E-state index contributed by atoms with van der Waals surface area (Å²) in [6.45, 7) is 1.63. The average molecular weight is 555 g/mol. The zero-order valence-electron chi connectivity index (χ0n) is 23.1. The predicted octanol–water partition coefficient (Wildman–Crippen LogP) is 4.25. The monoisotopic (exact) mass is 554 g/mol. The molecule has 3 N–H and O–H groups in total. The number of amides is 2. The van der Waals surface area contributed by atoms with Crippen LogP contribution < -0.4 is 39.1 Å². The topological polar surface area (TPSA) is 151 Å². The first-order chi connectivity index (χ1) is 19.1. The number of carbonyl (C=O) groups is 3. The lowest BCUT2D eigenvalue weighted by Gasteiger charge is -2.17. The van der Waals surface area contributed by atoms with Crippen LogP contribution in [0.5, 0.6) is 34.5 Å². The third-order valence-electron chi connectivity index (χ3n) is 6.00. The van der Waals surface area contributed by atoms with Gasteiger partial charge in [-0.1, -0.05) is 0 Å². The fourth-order valence-corrected chi connectivity index (χ4v) is 3.91. The Bertz CT molecular complexity index is 1300. The Kier molecular flexibility index (Phi) is 9.28. The number of ether oxygens (including phenoxy) is 6. The zero-order chi connectivity index (χ0) is 29.6. The Hall–Kier alpha value is -5.13. The van der Waals surface area contributed by atoms with E-state index in [0.717, 1.165) is 0 Å². The quantitative estimate of drug-likeness (QED) is 0.314. The van der Waals surface area contributed by atoms with Gasteiger partial charge in [0, 0.05) is 22.5 Å². The number of benzene rings is 3. The van der Waals surface area contributed by atoms with Crippen molar-refractivity contribution >= 4 is 29.2 Å². The second-order valence-corrected chi connectivity index (χ2v) is 8.24. The number of aromatic carboxylic acids is 1. The third-order valence-corrected chi connectivity index (χ3v) is 6.00. The first kappa shape index (κ1) is 29.4. The molecule has 0 saturated carbocycles. The highest BCUT2D eigenvalue weighted by atomic mass is 16.5. The van der Waals surface area contributed by atoms with Gasteiger partial charge in [0.25, 0.3) is 11.8 Å². The van der Waals surface area contributed by atoms with Gasteiger partial charge >= 0.3 is 5.97 Å². The first-order valence-corrected chi connectivity index (χ1v) is 11.7. The molecule has 0 spiro atoms. The Morgan fingerprint density at radius 2 is 0.875 bits per heavy atom. The van der Waals surface area contributed by atoms with Gasteiger partial charge in [-0.2, -0.15) is 0 Å². The molecule has 0 fully saturated rings. The summed E-state index contributed by atoms with van der Waals surface area (Å²) < 4.78 is 31.8. The molecule has 3 aromatic carbocycles. The van der Waals surface area contributed by atoms with Crippen LogP contribution in [0.25, 0.3) is 0 Å². The minimum atomic E-state index is -1.26. The van der Waals surface area contributed by atoms with Crippen molar-refractivity contribution in [3.8, 4) is 34.5 Å². The SMILES string of the molecule is COc1cc(C(=O)Nc2cc(C(=O)O)cc(NC(=O)c3cc(OC)c(OC)c(OC)c3)c2C)cc(OC)c1OC. The second-order valence-electron chi connectivity index (χ2n) is 8.24. The third kappa shape index (κ3) is 5.96. The Morgan fingerprint density at radius 1 is 0.550 bits per heavy atom. The normalized spacial score (nSPS) is 10.3. The standard InChI is InChI=1S/C28H30N2O10/c1-14-18(29-26(31)15-10-20(35-2)24(39-6)21(11-15)36-3)8-17(28(33)34)9-19(14)30-27(32)16-12-22(37-4)25(40-7)23(13-16)38-5/h8-13H,1-7H3,(H,29,31)(H,30,32)(H,33,34). The molecule has 12 nitrogen and oxygen atoms in total. The molecule has 0 aromatic heterocycles. The van der Waals surface area contributed by atoms with Crippen LogP contribution in [0.3, 0.4) is 0 Å². The summed E-state index contributed by atoms with van der Waals surface area (Å²) in [6.07, 6.45) is 0. The molecular formula is C28H30N2O10. The summed E-state index contributed by atoms with van der Waals surface area (Å²) in [5.74, 6) is -0.736. The number of hydrogen-bond acceptors (Lipinski definition) is 9. The minimum Gasteiger partial charge on any atom is -0.493 e. The summed E-state index contributed by atoms with van der Waals surface area (Å²) in [5, 5.41) is 15.1. The molecule has 40 heavy (non-hydrogen) atoms. The van der Waals surface area contributed by atoms with E-state index in [-0.39, 0.29) is 51.1 Å². The van der Waals surface area contributed by atoms with E-state index in [2.05, 4.69) is 10.6 Å². The number of methoxy groups -OCH3 is 6. The lowest BCUT2D eigenvalue weighted by atomic mass is 10.1. The van der Waals surface area contributed by atoms with Crippen LogP contribution in [0.1, 0.15) is 36.6 Å². The molecule has 0 saturated heterocycles. The van der Waals surface area contributed by atoms with E-state index in [1.165, 1.54) is 79.1 Å². The van der Waals surface area contributed by atoms with Crippen LogP contribution in [0, 0.1) is 6.92 Å². The summed E-state index contributed by atoms with van der Waals surface area (Å²) >= 11 is 0. The molecule has 0 bridgehead atoms. The van der Waals surface area contributed by atoms with Crippen LogP contribution in [-0.4, -0.2) is 65.5 Å². The molecule has 0 aliphatic carbocycles. The smallest absolute Gasteiger partial charge is 0.335 e. The van der Waals surface area contributed by atoms with Gasteiger partial charge in [-0.15, -0.1) is 0 Å². The fourth-order valence-electron chi connectivity index (χ4n) is 3.91. The molecule has 212 valence electrons. The average Bonchev–Trinajstić information content (AvgIpc) is 2.96. The van der Waals surface area contributed by atoms with Crippen molar-refractivity contribution in [3.05, 3.63) is 58.7 Å². The molecule has 12 heteroatoms. The van der Waals surface area contributed by atoms with E-state index in [0.29, 0.717) is 17.1 Å². The molecule has 0 aliphatic rings. The Balaban J connectivity index is 2.00. The Labute approximate surface area is 230 Å². The number of anilines is 2. The first-order valence-electron chi connectivity index (χ1n) is 11.7. The highest BCUT2D eigenvalue weighted by Gasteiger charge is 2.21. The van der Waals surface area contributed by atoms with Gasteiger partial charge in [0.1, 0.15) is 0 Å². The predicted molar refractivity (Wildman–Crippen MR) is 146 cm³/mol. The van der Waals surface area contributed by atoms with Crippen LogP contribution in [0.4, 0.5) is 11.4 Å². The molecule has 0 radical (unpaired) electrons. The van der Waals surface area contributed by atoms with E-state index in [1.54, 1.807) is 6.92 Å². The van der Waals surface area contributed by atoms with Crippen molar-refractivity contribution < 1.29 is 47.9 Å². The highest BCUT2D eigenvalue weighted by molar-refractivity contribution is 6.09.